The van der Waals surface area contributed by atoms with Crippen LogP contribution in [0.15, 0.2) is 64.5 Å². The van der Waals surface area contributed by atoms with Gasteiger partial charge in [0.15, 0.2) is 5.16 Å². The zero-order valence-corrected chi connectivity index (χ0v) is 16.1. The summed E-state index contributed by atoms with van der Waals surface area (Å²) in [6, 6.07) is 17.6. The Balaban J connectivity index is 1.72. The van der Waals surface area contributed by atoms with E-state index in [1.807, 2.05) is 60.9 Å². The first-order chi connectivity index (χ1) is 13.1. The fraction of sp³-hybridized carbons (Fsp3) is 0.190. The molecule has 0 aliphatic carbocycles. The molecule has 1 heterocycles. The van der Waals surface area contributed by atoms with Gasteiger partial charge in [0.1, 0.15) is 0 Å². The van der Waals surface area contributed by atoms with Crippen molar-refractivity contribution in [3.8, 4) is 11.1 Å². The van der Waals surface area contributed by atoms with Gasteiger partial charge < -0.3 is 10.3 Å². The number of rotatable bonds is 6. The maximum absolute atomic E-state index is 12.5. The normalized spacial score (nSPS) is 10.6. The van der Waals surface area contributed by atoms with Crippen molar-refractivity contribution >= 4 is 23.4 Å². The molecule has 1 amide bonds. The van der Waals surface area contributed by atoms with Gasteiger partial charge in [0.05, 0.1) is 0 Å². The summed E-state index contributed by atoms with van der Waals surface area (Å²) >= 11 is 1.39. The van der Waals surface area contributed by atoms with E-state index >= 15 is 0 Å². The zero-order chi connectivity index (χ0) is 19.2. The maximum atomic E-state index is 12.5. The number of aryl methyl sites for hydroxylation is 1. The summed E-state index contributed by atoms with van der Waals surface area (Å²) < 4.78 is 0. The highest BCUT2D eigenvalue weighted by molar-refractivity contribution is 7.98. The molecule has 27 heavy (non-hydrogen) atoms. The van der Waals surface area contributed by atoms with Crippen molar-refractivity contribution in [3.63, 3.8) is 0 Å². The molecule has 138 valence electrons. The third-order valence-electron chi connectivity index (χ3n) is 4.28. The van der Waals surface area contributed by atoms with Crippen molar-refractivity contribution in [1.29, 1.82) is 0 Å². The molecule has 1 aromatic heterocycles. The van der Waals surface area contributed by atoms with Gasteiger partial charge in [-0.05, 0) is 31.2 Å². The lowest BCUT2D eigenvalue weighted by molar-refractivity contribution is -0.116. The Morgan fingerprint density at radius 3 is 2.52 bits per heavy atom. The van der Waals surface area contributed by atoms with Crippen molar-refractivity contribution in [2.24, 2.45) is 0 Å². The van der Waals surface area contributed by atoms with Crippen LogP contribution < -0.4 is 10.9 Å². The second-order valence-electron chi connectivity index (χ2n) is 6.10. The first-order valence-electron chi connectivity index (χ1n) is 8.66. The molecule has 2 aromatic carbocycles. The average molecular weight is 379 g/mol. The van der Waals surface area contributed by atoms with Crippen LogP contribution in [0.4, 0.5) is 5.69 Å². The van der Waals surface area contributed by atoms with E-state index in [1.165, 1.54) is 11.8 Å². The number of carbonyl (C=O) groups is 1. The summed E-state index contributed by atoms with van der Waals surface area (Å²) in [4.78, 5) is 31.7. The van der Waals surface area contributed by atoms with E-state index in [1.54, 1.807) is 6.92 Å². The maximum Gasteiger partial charge on any atom is 0.254 e. The van der Waals surface area contributed by atoms with Gasteiger partial charge in [0.25, 0.3) is 5.56 Å². The average Bonchev–Trinajstić information content (AvgIpc) is 2.68. The van der Waals surface area contributed by atoms with Gasteiger partial charge in [-0.2, -0.15) is 0 Å². The number of carbonyl (C=O) groups excluding carboxylic acids is 1. The van der Waals surface area contributed by atoms with Crippen LogP contribution in [-0.4, -0.2) is 22.1 Å². The van der Waals surface area contributed by atoms with Crippen molar-refractivity contribution in [3.05, 3.63) is 76.2 Å². The van der Waals surface area contributed by atoms with Gasteiger partial charge in [-0.25, -0.2) is 4.98 Å². The van der Waals surface area contributed by atoms with Crippen LogP contribution in [0.1, 0.15) is 17.7 Å². The lowest BCUT2D eigenvalue weighted by Crippen LogP contribution is -2.20. The molecular weight excluding hydrogens is 358 g/mol. The molecule has 0 atom stereocenters. The minimum Gasteiger partial charge on any atom is -0.326 e. The van der Waals surface area contributed by atoms with Crippen molar-refractivity contribution in [2.75, 3.05) is 11.6 Å². The highest BCUT2D eigenvalue weighted by atomic mass is 32.2. The number of nitrogens with zero attached hydrogens (tertiary/aromatic N) is 1. The quantitative estimate of drug-likeness (QED) is 0.501. The first-order valence-corrected chi connectivity index (χ1v) is 9.89. The van der Waals surface area contributed by atoms with Crippen LogP contribution in [0.5, 0.6) is 0 Å². The van der Waals surface area contributed by atoms with E-state index in [0.717, 1.165) is 16.8 Å². The third-order valence-corrected chi connectivity index (χ3v) is 4.86. The molecule has 0 aliphatic rings. The molecular formula is C21H21N3O2S. The zero-order valence-electron chi connectivity index (χ0n) is 15.3. The molecule has 0 saturated heterocycles. The van der Waals surface area contributed by atoms with E-state index in [-0.39, 0.29) is 17.9 Å². The summed E-state index contributed by atoms with van der Waals surface area (Å²) in [5.74, 6) is -0.133. The topological polar surface area (TPSA) is 74.8 Å². The van der Waals surface area contributed by atoms with Gasteiger partial charge >= 0.3 is 0 Å². The van der Waals surface area contributed by atoms with Crippen LogP contribution in [0, 0.1) is 6.92 Å². The van der Waals surface area contributed by atoms with E-state index in [9.17, 15) is 9.59 Å². The lowest BCUT2D eigenvalue weighted by atomic mass is 10.0. The predicted octanol–water partition coefficient (Wildman–Crippen LogP) is 4.04. The SMILES string of the molecule is CSc1nc(C)c(CCC(=O)Nc2ccccc2-c2ccccc2)c(=O)[nH]1. The van der Waals surface area contributed by atoms with Gasteiger partial charge in [0.2, 0.25) is 5.91 Å². The number of H-pyrrole nitrogens is 1. The number of thioether (sulfide) groups is 1. The number of amides is 1. The van der Waals surface area contributed by atoms with Crippen LogP contribution in [0.25, 0.3) is 11.1 Å². The van der Waals surface area contributed by atoms with Gasteiger partial charge in [0, 0.05) is 28.9 Å². The minimum atomic E-state index is -0.177. The van der Waals surface area contributed by atoms with Gasteiger partial charge in [-0.1, -0.05) is 60.3 Å². The van der Waals surface area contributed by atoms with Crippen LogP contribution >= 0.6 is 11.8 Å². The number of anilines is 1. The second kappa shape index (κ2) is 8.68. The molecule has 3 rings (SSSR count). The summed E-state index contributed by atoms with van der Waals surface area (Å²) in [5.41, 5.74) is 3.81. The number of para-hydroxylation sites is 1. The highest BCUT2D eigenvalue weighted by Crippen LogP contribution is 2.27. The molecule has 0 bridgehead atoms. The van der Waals surface area contributed by atoms with Gasteiger partial charge in [-0.3, -0.25) is 9.59 Å². The molecule has 0 saturated carbocycles. The van der Waals surface area contributed by atoms with Gasteiger partial charge in [-0.15, -0.1) is 0 Å². The Morgan fingerprint density at radius 2 is 1.81 bits per heavy atom. The largest absolute Gasteiger partial charge is 0.326 e. The Bertz CT molecular complexity index is 1000. The standard InChI is InChI=1S/C21H21N3O2S/c1-14-16(20(26)24-21(22-14)27-2)12-13-19(25)23-18-11-7-6-10-17(18)15-8-4-3-5-9-15/h3-11H,12-13H2,1-2H3,(H,23,25)(H,22,24,26). The van der Waals surface area contributed by atoms with Crippen molar-refractivity contribution in [1.82, 2.24) is 9.97 Å². The van der Waals surface area contributed by atoms with E-state index in [4.69, 9.17) is 0 Å². The molecule has 0 aliphatic heterocycles. The van der Waals surface area contributed by atoms with Crippen LogP contribution in [0.3, 0.4) is 0 Å². The Hall–Kier alpha value is -2.86. The fourth-order valence-corrected chi connectivity index (χ4v) is 3.31. The monoisotopic (exact) mass is 379 g/mol. The van der Waals surface area contributed by atoms with E-state index < -0.39 is 0 Å². The van der Waals surface area contributed by atoms with Crippen LogP contribution in [0.2, 0.25) is 0 Å². The summed E-state index contributed by atoms with van der Waals surface area (Å²) in [5, 5.41) is 3.55. The summed E-state index contributed by atoms with van der Waals surface area (Å²) in [7, 11) is 0. The molecule has 6 heteroatoms. The molecule has 2 N–H and O–H groups in total. The van der Waals surface area contributed by atoms with Crippen LogP contribution in [-0.2, 0) is 11.2 Å². The number of nitrogens with one attached hydrogen (secondary N) is 2. The minimum absolute atomic E-state index is 0.133. The second-order valence-corrected chi connectivity index (χ2v) is 6.89. The molecule has 0 spiro atoms. The Kier molecular flexibility index (Phi) is 6.08. The number of hydrogen-bond acceptors (Lipinski definition) is 4. The lowest BCUT2D eigenvalue weighted by Gasteiger charge is -2.11. The molecule has 0 fully saturated rings. The number of aromatic nitrogens is 2. The highest BCUT2D eigenvalue weighted by Gasteiger charge is 2.12. The first kappa shape index (κ1) is 18.9. The number of hydrogen-bond donors (Lipinski definition) is 2. The molecule has 0 unspecified atom stereocenters. The number of benzene rings is 2. The summed E-state index contributed by atoms with van der Waals surface area (Å²) in [6.07, 6.45) is 2.42. The molecule has 5 nitrogen and oxygen atoms in total. The Labute approximate surface area is 162 Å². The summed E-state index contributed by atoms with van der Waals surface area (Å²) in [6.45, 7) is 1.80. The van der Waals surface area contributed by atoms with Crippen molar-refractivity contribution in [2.45, 2.75) is 24.9 Å². The van der Waals surface area contributed by atoms with Crippen molar-refractivity contribution < 1.29 is 4.79 Å². The molecule has 0 radical (unpaired) electrons. The van der Waals surface area contributed by atoms with E-state index in [2.05, 4.69) is 15.3 Å². The third kappa shape index (κ3) is 4.65. The molecule has 3 aromatic rings. The van der Waals surface area contributed by atoms with E-state index in [0.29, 0.717) is 22.8 Å². The smallest absolute Gasteiger partial charge is 0.254 e. The number of aromatic amines is 1. The fourth-order valence-electron chi connectivity index (χ4n) is 2.89. The predicted molar refractivity (Wildman–Crippen MR) is 110 cm³/mol. The Morgan fingerprint density at radius 1 is 1.11 bits per heavy atom.